The number of aromatic hydroxyl groups is 1. The number of nitrogens with two attached hydrogens (primary N) is 1. The van der Waals surface area contributed by atoms with Crippen molar-refractivity contribution in [3.8, 4) is 16.9 Å². The molecule has 0 heterocycles. The maximum absolute atomic E-state index is 14.2. The minimum atomic E-state index is -2.67. The SMILES string of the molecule is CCCN(CCC)Cc1ccc(-c2ccc(O)c3c2C[C@H]2C[C@H]4[C@@H](N(C)C)C(=O)C(C(N)=O)=C(O)[C@@]4(O)C(=O)C2=C3O)c2ccccc12. The molecule has 0 bridgehead atoms. The van der Waals surface area contributed by atoms with E-state index < -0.39 is 58.0 Å². The summed E-state index contributed by atoms with van der Waals surface area (Å²) in [7, 11) is 3.17. The zero-order valence-electron chi connectivity index (χ0n) is 27.8. The third kappa shape index (κ3) is 5.01. The molecule has 3 aromatic carbocycles. The van der Waals surface area contributed by atoms with E-state index in [1.54, 1.807) is 14.1 Å². The first-order valence-electron chi connectivity index (χ1n) is 16.6. The molecule has 6 N–H and O–H groups in total. The quantitative estimate of drug-likeness (QED) is 0.211. The van der Waals surface area contributed by atoms with Crippen molar-refractivity contribution in [1.82, 2.24) is 9.80 Å². The van der Waals surface area contributed by atoms with E-state index in [4.69, 9.17) is 5.73 Å². The summed E-state index contributed by atoms with van der Waals surface area (Å²) in [5, 5.41) is 48.0. The van der Waals surface area contributed by atoms with Gasteiger partial charge in [0.1, 0.15) is 22.8 Å². The first-order chi connectivity index (χ1) is 22.9. The van der Waals surface area contributed by atoms with Crippen molar-refractivity contribution in [3.63, 3.8) is 0 Å². The fourth-order valence-corrected chi connectivity index (χ4v) is 8.37. The van der Waals surface area contributed by atoms with Crippen LogP contribution in [0.25, 0.3) is 27.7 Å². The molecule has 252 valence electrons. The molecule has 1 fully saturated rings. The van der Waals surface area contributed by atoms with E-state index in [9.17, 15) is 34.8 Å². The Morgan fingerprint density at radius 1 is 0.938 bits per heavy atom. The predicted molar refractivity (Wildman–Crippen MR) is 183 cm³/mol. The molecule has 6 rings (SSSR count). The van der Waals surface area contributed by atoms with Gasteiger partial charge < -0.3 is 26.2 Å². The number of amides is 1. The van der Waals surface area contributed by atoms with Gasteiger partial charge in [-0.15, -0.1) is 0 Å². The number of carbonyl (C=O) groups excluding carboxylic acids is 3. The number of nitrogens with zero attached hydrogens (tertiary/aromatic N) is 2. The number of hydrogen-bond donors (Lipinski definition) is 5. The van der Waals surface area contributed by atoms with Crippen LogP contribution >= 0.6 is 0 Å². The zero-order chi connectivity index (χ0) is 34.7. The summed E-state index contributed by atoms with van der Waals surface area (Å²) in [6.45, 7) is 7.16. The number of aliphatic hydroxyl groups is 3. The van der Waals surface area contributed by atoms with Crippen LogP contribution in [0.15, 0.2) is 65.4 Å². The molecule has 0 aliphatic heterocycles. The molecule has 0 unspecified atom stereocenters. The molecule has 10 heteroatoms. The number of phenolic OH excluding ortho intramolecular Hbond substituents is 1. The van der Waals surface area contributed by atoms with Crippen molar-refractivity contribution in [1.29, 1.82) is 0 Å². The molecule has 48 heavy (non-hydrogen) atoms. The van der Waals surface area contributed by atoms with Gasteiger partial charge >= 0.3 is 0 Å². The summed E-state index contributed by atoms with van der Waals surface area (Å²) in [5.74, 6) is -6.68. The highest BCUT2D eigenvalue weighted by Crippen LogP contribution is 2.54. The van der Waals surface area contributed by atoms with E-state index in [0.29, 0.717) is 5.56 Å². The third-order valence-electron chi connectivity index (χ3n) is 10.4. The second kappa shape index (κ2) is 12.5. The number of rotatable bonds is 9. The van der Waals surface area contributed by atoms with Gasteiger partial charge in [-0.2, -0.15) is 0 Å². The standard InChI is InChI=1S/C38H43N3O7/c1-5-15-41(16-6-2)19-20-11-12-24(23-10-8-7-9-22(20)23)25-13-14-28(42)30-26(25)17-21-18-27-32(40(3)4)34(44)31(37(39)47)36(46)38(27,48)35(45)29(21)33(30)43/h7-14,21,27,32,42-43,46,48H,5-6,15-19H2,1-4H3,(H2,39,47)/t21-,27-,32+,38-/m0/s1. The Hall–Kier alpha value is -4.51. The summed E-state index contributed by atoms with van der Waals surface area (Å²) in [4.78, 5) is 43.9. The number of hydrogen-bond acceptors (Lipinski definition) is 9. The lowest BCUT2D eigenvalue weighted by Crippen LogP contribution is -2.65. The summed E-state index contributed by atoms with van der Waals surface area (Å²) < 4.78 is 0. The van der Waals surface area contributed by atoms with Crippen LogP contribution in [0.5, 0.6) is 5.75 Å². The Kier molecular flexibility index (Phi) is 8.70. The molecule has 3 aliphatic carbocycles. The lowest BCUT2D eigenvalue weighted by atomic mass is 9.57. The van der Waals surface area contributed by atoms with Crippen LogP contribution in [0.3, 0.4) is 0 Å². The molecule has 1 amide bonds. The minimum Gasteiger partial charge on any atom is -0.508 e. The Bertz CT molecular complexity index is 1910. The summed E-state index contributed by atoms with van der Waals surface area (Å²) in [6.07, 6.45) is 2.37. The summed E-state index contributed by atoms with van der Waals surface area (Å²) in [6, 6.07) is 14.5. The Morgan fingerprint density at radius 2 is 1.58 bits per heavy atom. The van der Waals surface area contributed by atoms with Crippen molar-refractivity contribution in [3.05, 3.63) is 82.1 Å². The number of carbonyl (C=O) groups is 3. The molecule has 4 atom stereocenters. The molecule has 0 aromatic heterocycles. The van der Waals surface area contributed by atoms with Gasteiger partial charge in [0, 0.05) is 18.0 Å². The van der Waals surface area contributed by atoms with Crippen LogP contribution in [0.2, 0.25) is 0 Å². The summed E-state index contributed by atoms with van der Waals surface area (Å²) in [5.41, 5.74) is 5.37. The van der Waals surface area contributed by atoms with Gasteiger partial charge in [-0.25, -0.2) is 0 Å². The topological polar surface area (TPSA) is 165 Å². The lowest BCUT2D eigenvalue weighted by Gasteiger charge is -2.50. The number of primary amides is 1. The second-order valence-electron chi connectivity index (χ2n) is 13.5. The first-order valence-corrected chi connectivity index (χ1v) is 16.6. The van der Waals surface area contributed by atoms with Crippen LogP contribution in [0.4, 0.5) is 0 Å². The number of fused-ring (bicyclic) bond motifs is 4. The van der Waals surface area contributed by atoms with Crippen LogP contribution in [-0.2, 0) is 27.3 Å². The lowest BCUT2D eigenvalue weighted by molar-refractivity contribution is -0.153. The highest BCUT2D eigenvalue weighted by atomic mass is 16.3. The van der Waals surface area contributed by atoms with Crippen molar-refractivity contribution in [2.75, 3.05) is 27.2 Å². The van der Waals surface area contributed by atoms with Gasteiger partial charge in [0.05, 0.1) is 11.6 Å². The monoisotopic (exact) mass is 653 g/mol. The number of Topliss-reactive ketones (excluding diaryl/α,β-unsaturated/α-hetero) is 2. The van der Waals surface area contributed by atoms with Gasteiger partial charge in [-0.3, -0.25) is 24.2 Å². The van der Waals surface area contributed by atoms with Crippen LogP contribution in [0.1, 0.15) is 49.8 Å². The largest absolute Gasteiger partial charge is 0.508 e. The highest BCUT2D eigenvalue weighted by molar-refractivity contribution is 6.24. The van der Waals surface area contributed by atoms with E-state index in [2.05, 4.69) is 43.0 Å². The van der Waals surface area contributed by atoms with Gasteiger partial charge in [0.2, 0.25) is 5.78 Å². The second-order valence-corrected chi connectivity index (χ2v) is 13.5. The Labute approximate surface area is 279 Å². The minimum absolute atomic E-state index is 0.0330. The molecule has 3 aliphatic rings. The molecule has 0 saturated heterocycles. The average Bonchev–Trinajstić information content (AvgIpc) is 3.03. The Morgan fingerprint density at radius 3 is 2.21 bits per heavy atom. The molecule has 10 nitrogen and oxygen atoms in total. The van der Waals surface area contributed by atoms with E-state index in [1.165, 1.54) is 16.5 Å². The zero-order valence-corrected chi connectivity index (χ0v) is 27.8. The smallest absolute Gasteiger partial charge is 0.255 e. The fraction of sp³-hybridized carbons (Fsp3) is 0.395. The predicted octanol–water partition coefficient (Wildman–Crippen LogP) is 4.41. The van der Waals surface area contributed by atoms with Crippen molar-refractivity contribution in [2.24, 2.45) is 17.6 Å². The van der Waals surface area contributed by atoms with Crippen molar-refractivity contribution < 1.29 is 34.8 Å². The molecule has 1 saturated carbocycles. The Balaban J connectivity index is 1.51. The number of likely N-dealkylation sites (N-methyl/N-ethyl adjacent to an activating group) is 1. The normalized spacial score (nSPS) is 23.9. The van der Waals surface area contributed by atoms with Gasteiger partial charge in [-0.1, -0.05) is 56.3 Å². The molecular formula is C38H43N3O7. The van der Waals surface area contributed by atoms with Crippen LogP contribution < -0.4 is 5.73 Å². The van der Waals surface area contributed by atoms with E-state index >= 15 is 0 Å². The fourth-order valence-electron chi connectivity index (χ4n) is 8.37. The number of aliphatic hydroxyl groups excluding tert-OH is 2. The van der Waals surface area contributed by atoms with Gasteiger partial charge in [0.25, 0.3) is 5.91 Å². The van der Waals surface area contributed by atoms with Gasteiger partial charge in [0.15, 0.2) is 11.4 Å². The number of ketones is 2. The average molecular weight is 654 g/mol. The van der Waals surface area contributed by atoms with Crippen LogP contribution in [-0.4, -0.2) is 86.5 Å². The maximum atomic E-state index is 14.2. The number of phenols is 1. The number of benzene rings is 3. The van der Waals surface area contributed by atoms with Crippen molar-refractivity contribution >= 4 is 34.0 Å². The molecular weight excluding hydrogens is 610 g/mol. The van der Waals surface area contributed by atoms with E-state index in [-0.39, 0.29) is 29.7 Å². The molecule has 3 aromatic rings. The van der Waals surface area contributed by atoms with Crippen LogP contribution in [0, 0.1) is 11.8 Å². The van der Waals surface area contributed by atoms with E-state index in [1.807, 2.05) is 18.2 Å². The van der Waals surface area contributed by atoms with E-state index in [0.717, 1.165) is 54.4 Å². The first kappa shape index (κ1) is 33.4. The molecule has 0 radical (unpaired) electrons. The molecule has 0 spiro atoms. The highest BCUT2D eigenvalue weighted by Gasteiger charge is 2.64. The van der Waals surface area contributed by atoms with Crippen molar-refractivity contribution in [2.45, 2.75) is 57.7 Å². The maximum Gasteiger partial charge on any atom is 0.255 e. The van der Waals surface area contributed by atoms with Gasteiger partial charge in [-0.05, 0) is 97.9 Å². The summed E-state index contributed by atoms with van der Waals surface area (Å²) >= 11 is 0. The third-order valence-corrected chi connectivity index (χ3v) is 10.4.